The summed E-state index contributed by atoms with van der Waals surface area (Å²) < 4.78 is 5.15. The van der Waals surface area contributed by atoms with Crippen LogP contribution >= 0.6 is 11.6 Å². The van der Waals surface area contributed by atoms with Crippen molar-refractivity contribution in [2.24, 2.45) is 0 Å². The molecule has 2 rings (SSSR count). The SMILES string of the molecule is COCCc1ccccc1NCc1ccc(C)cc1Cl. The molecular weight excluding hydrogens is 270 g/mol. The Balaban J connectivity index is 2.06. The molecule has 0 aliphatic rings. The molecule has 0 amide bonds. The largest absolute Gasteiger partial charge is 0.384 e. The maximum atomic E-state index is 6.26. The molecule has 0 fully saturated rings. The molecule has 0 heterocycles. The van der Waals surface area contributed by atoms with Crippen LogP contribution in [0, 0.1) is 6.92 Å². The van der Waals surface area contributed by atoms with Crippen LogP contribution in [-0.4, -0.2) is 13.7 Å². The highest BCUT2D eigenvalue weighted by atomic mass is 35.5. The Morgan fingerprint density at radius 3 is 2.65 bits per heavy atom. The Kier molecular flexibility index (Phi) is 5.45. The third-order valence-corrected chi connectivity index (χ3v) is 3.62. The first-order valence-electron chi connectivity index (χ1n) is 6.76. The molecule has 2 aromatic rings. The van der Waals surface area contributed by atoms with Gasteiger partial charge in [-0.3, -0.25) is 0 Å². The quantitative estimate of drug-likeness (QED) is 0.848. The summed E-state index contributed by atoms with van der Waals surface area (Å²) in [6.07, 6.45) is 0.904. The summed E-state index contributed by atoms with van der Waals surface area (Å²) in [6, 6.07) is 14.5. The van der Waals surface area contributed by atoms with Crippen LogP contribution in [0.15, 0.2) is 42.5 Å². The van der Waals surface area contributed by atoms with Crippen LogP contribution < -0.4 is 5.32 Å². The third kappa shape index (κ3) is 3.99. The molecule has 0 bridgehead atoms. The predicted molar refractivity (Wildman–Crippen MR) is 85.5 cm³/mol. The number of methoxy groups -OCH3 is 1. The molecule has 0 saturated carbocycles. The van der Waals surface area contributed by atoms with E-state index in [4.69, 9.17) is 16.3 Å². The van der Waals surface area contributed by atoms with Crippen molar-refractivity contribution in [3.05, 3.63) is 64.2 Å². The average molecular weight is 290 g/mol. The lowest BCUT2D eigenvalue weighted by atomic mass is 10.1. The first-order valence-corrected chi connectivity index (χ1v) is 7.14. The van der Waals surface area contributed by atoms with Gasteiger partial charge in [-0.1, -0.05) is 41.9 Å². The van der Waals surface area contributed by atoms with Crippen LogP contribution in [0.25, 0.3) is 0 Å². The molecule has 0 aromatic heterocycles. The predicted octanol–water partition coefficient (Wildman–Crippen LogP) is 4.45. The molecule has 0 atom stereocenters. The summed E-state index contributed by atoms with van der Waals surface area (Å²) in [5, 5.41) is 4.27. The van der Waals surface area contributed by atoms with Gasteiger partial charge in [-0.05, 0) is 42.2 Å². The van der Waals surface area contributed by atoms with E-state index in [9.17, 15) is 0 Å². The van der Waals surface area contributed by atoms with Crippen LogP contribution in [0.1, 0.15) is 16.7 Å². The molecule has 20 heavy (non-hydrogen) atoms. The van der Waals surface area contributed by atoms with E-state index in [1.807, 2.05) is 19.1 Å². The molecule has 0 aliphatic heterocycles. The fourth-order valence-corrected chi connectivity index (χ4v) is 2.41. The van der Waals surface area contributed by atoms with Gasteiger partial charge in [-0.15, -0.1) is 0 Å². The van der Waals surface area contributed by atoms with Gasteiger partial charge < -0.3 is 10.1 Å². The normalized spacial score (nSPS) is 10.6. The number of ether oxygens (including phenoxy) is 1. The molecule has 2 aromatic carbocycles. The van der Waals surface area contributed by atoms with Crippen molar-refractivity contribution >= 4 is 17.3 Å². The van der Waals surface area contributed by atoms with Gasteiger partial charge in [0.05, 0.1) is 6.61 Å². The molecule has 0 radical (unpaired) electrons. The van der Waals surface area contributed by atoms with Gasteiger partial charge in [0, 0.05) is 24.4 Å². The van der Waals surface area contributed by atoms with Gasteiger partial charge in [-0.25, -0.2) is 0 Å². The summed E-state index contributed by atoms with van der Waals surface area (Å²) >= 11 is 6.26. The van der Waals surface area contributed by atoms with E-state index in [0.717, 1.165) is 35.8 Å². The number of halogens is 1. The first kappa shape index (κ1) is 14.9. The van der Waals surface area contributed by atoms with Crippen LogP contribution in [0.3, 0.4) is 0 Å². The second-order valence-electron chi connectivity index (χ2n) is 4.85. The summed E-state index contributed by atoms with van der Waals surface area (Å²) in [5.41, 5.74) is 4.69. The zero-order chi connectivity index (χ0) is 14.4. The number of hydrogen-bond donors (Lipinski definition) is 1. The molecule has 0 saturated heterocycles. The minimum absolute atomic E-state index is 0.725. The van der Waals surface area contributed by atoms with E-state index < -0.39 is 0 Å². The molecule has 2 nitrogen and oxygen atoms in total. The lowest BCUT2D eigenvalue weighted by Gasteiger charge is -2.13. The summed E-state index contributed by atoms with van der Waals surface area (Å²) in [7, 11) is 1.72. The molecule has 0 aliphatic carbocycles. The van der Waals surface area contributed by atoms with Crippen molar-refractivity contribution in [1.82, 2.24) is 0 Å². The molecule has 106 valence electrons. The Morgan fingerprint density at radius 1 is 1.10 bits per heavy atom. The number of aryl methyl sites for hydroxylation is 1. The molecule has 3 heteroatoms. The van der Waals surface area contributed by atoms with Crippen LogP contribution in [0.2, 0.25) is 5.02 Å². The summed E-state index contributed by atoms with van der Waals surface area (Å²) in [6.45, 7) is 3.50. The number of nitrogens with one attached hydrogen (secondary N) is 1. The van der Waals surface area contributed by atoms with Gasteiger partial charge in [0.15, 0.2) is 0 Å². The fraction of sp³-hybridized carbons (Fsp3) is 0.294. The van der Waals surface area contributed by atoms with Gasteiger partial charge in [0.2, 0.25) is 0 Å². The second kappa shape index (κ2) is 7.32. The number of anilines is 1. The fourth-order valence-electron chi connectivity index (χ4n) is 2.11. The topological polar surface area (TPSA) is 21.3 Å². The highest BCUT2D eigenvalue weighted by Gasteiger charge is 2.04. The van der Waals surface area contributed by atoms with Crippen molar-refractivity contribution in [1.29, 1.82) is 0 Å². The maximum absolute atomic E-state index is 6.26. The average Bonchev–Trinajstić information content (AvgIpc) is 2.45. The van der Waals surface area contributed by atoms with E-state index in [1.54, 1.807) is 7.11 Å². The smallest absolute Gasteiger partial charge is 0.0503 e. The van der Waals surface area contributed by atoms with Gasteiger partial charge in [0.25, 0.3) is 0 Å². The highest BCUT2D eigenvalue weighted by Crippen LogP contribution is 2.21. The van der Waals surface area contributed by atoms with Crippen LogP contribution in [0.5, 0.6) is 0 Å². The van der Waals surface area contributed by atoms with Crippen molar-refractivity contribution in [3.63, 3.8) is 0 Å². The first-order chi connectivity index (χ1) is 9.70. The van der Waals surface area contributed by atoms with Crippen LogP contribution in [-0.2, 0) is 17.7 Å². The summed E-state index contributed by atoms with van der Waals surface area (Å²) in [5.74, 6) is 0. The monoisotopic (exact) mass is 289 g/mol. The molecule has 1 N–H and O–H groups in total. The molecule has 0 spiro atoms. The molecular formula is C17H20ClNO. The Morgan fingerprint density at radius 2 is 1.90 bits per heavy atom. The van der Waals surface area contributed by atoms with Crippen molar-refractivity contribution in [2.45, 2.75) is 19.9 Å². The van der Waals surface area contributed by atoms with E-state index >= 15 is 0 Å². The second-order valence-corrected chi connectivity index (χ2v) is 5.26. The van der Waals surface area contributed by atoms with E-state index in [-0.39, 0.29) is 0 Å². The molecule has 0 unspecified atom stereocenters. The van der Waals surface area contributed by atoms with E-state index in [2.05, 4.69) is 35.6 Å². The number of hydrogen-bond acceptors (Lipinski definition) is 2. The third-order valence-electron chi connectivity index (χ3n) is 3.27. The Bertz CT molecular complexity index is 569. The number of para-hydroxylation sites is 1. The number of benzene rings is 2. The lowest BCUT2D eigenvalue weighted by Crippen LogP contribution is -2.04. The Labute approximate surface area is 125 Å². The highest BCUT2D eigenvalue weighted by molar-refractivity contribution is 6.31. The Hall–Kier alpha value is -1.51. The van der Waals surface area contributed by atoms with Gasteiger partial charge in [-0.2, -0.15) is 0 Å². The minimum Gasteiger partial charge on any atom is -0.384 e. The maximum Gasteiger partial charge on any atom is 0.0503 e. The standard InChI is InChI=1S/C17H20ClNO/c1-13-7-8-15(16(18)11-13)12-19-17-6-4-3-5-14(17)9-10-20-2/h3-8,11,19H,9-10,12H2,1-2H3. The van der Waals surface area contributed by atoms with Crippen molar-refractivity contribution in [3.8, 4) is 0 Å². The van der Waals surface area contributed by atoms with Crippen molar-refractivity contribution < 1.29 is 4.74 Å². The van der Waals surface area contributed by atoms with E-state index in [0.29, 0.717) is 0 Å². The van der Waals surface area contributed by atoms with Gasteiger partial charge >= 0.3 is 0 Å². The summed E-state index contributed by atoms with van der Waals surface area (Å²) in [4.78, 5) is 0. The minimum atomic E-state index is 0.725. The van der Waals surface area contributed by atoms with E-state index in [1.165, 1.54) is 11.1 Å². The zero-order valence-corrected chi connectivity index (χ0v) is 12.7. The lowest BCUT2D eigenvalue weighted by molar-refractivity contribution is 0.202. The van der Waals surface area contributed by atoms with Crippen molar-refractivity contribution in [2.75, 3.05) is 19.0 Å². The zero-order valence-electron chi connectivity index (χ0n) is 11.9. The van der Waals surface area contributed by atoms with Gasteiger partial charge in [0.1, 0.15) is 0 Å². The van der Waals surface area contributed by atoms with Crippen LogP contribution in [0.4, 0.5) is 5.69 Å². The number of rotatable bonds is 6.